The number of halogens is 1. The number of fused-ring (bicyclic) bond motifs is 1. The van der Waals surface area contributed by atoms with E-state index in [-0.39, 0.29) is 25.0 Å². The molecule has 0 amide bonds. The number of nitrogens with zero attached hydrogens (tertiary/aromatic N) is 2. The number of aliphatic hydroxyl groups excluding tert-OH is 1. The van der Waals surface area contributed by atoms with Crippen molar-refractivity contribution in [1.82, 2.24) is 9.88 Å². The average molecular weight is 541 g/mol. The predicted molar refractivity (Wildman–Crippen MR) is 144 cm³/mol. The predicted octanol–water partition coefficient (Wildman–Crippen LogP) is 4.75. The van der Waals surface area contributed by atoms with E-state index in [2.05, 4.69) is 24.0 Å². The van der Waals surface area contributed by atoms with Gasteiger partial charge < -0.3 is 24.4 Å². The number of likely N-dealkylation sites (N-methyl/N-ethyl adjacent to an activating group) is 1. The van der Waals surface area contributed by atoms with Crippen molar-refractivity contribution in [1.29, 1.82) is 0 Å². The highest BCUT2D eigenvalue weighted by molar-refractivity contribution is 6.32. The van der Waals surface area contributed by atoms with Crippen molar-refractivity contribution >= 4 is 17.6 Å². The highest BCUT2D eigenvalue weighted by atomic mass is 35.5. The Bertz CT molecular complexity index is 1320. The third-order valence-corrected chi connectivity index (χ3v) is 7.49. The average Bonchev–Trinajstić information content (AvgIpc) is 3.32. The van der Waals surface area contributed by atoms with Crippen LogP contribution in [0.3, 0.4) is 0 Å². The van der Waals surface area contributed by atoms with Crippen molar-refractivity contribution in [3.63, 3.8) is 0 Å². The first-order valence-corrected chi connectivity index (χ1v) is 12.8. The van der Waals surface area contributed by atoms with E-state index < -0.39 is 18.1 Å². The van der Waals surface area contributed by atoms with E-state index in [0.29, 0.717) is 27.6 Å². The third-order valence-electron chi connectivity index (χ3n) is 7.19. The number of aromatic nitrogens is 1. The largest absolute Gasteiger partial charge is 0.506 e. The Balaban J connectivity index is 1.65. The van der Waals surface area contributed by atoms with Crippen LogP contribution < -0.4 is 9.47 Å². The van der Waals surface area contributed by atoms with Crippen molar-refractivity contribution in [3.8, 4) is 17.2 Å². The maximum absolute atomic E-state index is 12.4. The van der Waals surface area contributed by atoms with E-state index in [4.69, 9.17) is 25.8 Å². The van der Waals surface area contributed by atoms with Gasteiger partial charge >= 0.3 is 5.97 Å². The maximum Gasteiger partial charge on any atom is 0.328 e. The van der Waals surface area contributed by atoms with Gasteiger partial charge in [0.1, 0.15) is 35.5 Å². The van der Waals surface area contributed by atoms with Gasteiger partial charge in [0.25, 0.3) is 0 Å². The molecule has 1 aliphatic carbocycles. The van der Waals surface area contributed by atoms with Crippen molar-refractivity contribution in [2.75, 3.05) is 20.8 Å². The van der Waals surface area contributed by atoms with Gasteiger partial charge in [-0.15, -0.1) is 0 Å². The van der Waals surface area contributed by atoms with Crippen LogP contribution in [-0.4, -0.2) is 52.4 Å². The lowest BCUT2D eigenvalue weighted by molar-refractivity contribution is -0.156. The summed E-state index contributed by atoms with van der Waals surface area (Å²) in [5.41, 5.74) is 3.81. The second-order valence-electron chi connectivity index (χ2n) is 9.80. The van der Waals surface area contributed by atoms with Gasteiger partial charge in [0, 0.05) is 29.9 Å². The molecule has 0 fully saturated rings. The number of benzene rings is 2. The van der Waals surface area contributed by atoms with Crippen LogP contribution in [0.25, 0.3) is 0 Å². The molecule has 0 radical (unpaired) electrons. The molecule has 2 aromatic carbocycles. The molecule has 0 unspecified atom stereocenters. The molecule has 0 bridgehead atoms. The van der Waals surface area contributed by atoms with Crippen LogP contribution in [0.4, 0.5) is 0 Å². The molecule has 2 N–H and O–H groups in total. The molecule has 4 rings (SSSR count). The van der Waals surface area contributed by atoms with Crippen LogP contribution in [0.2, 0.25) is 5.02 Å². The molecule has 8 nitrogen and oxygen atoms in total. The van der Waals surface area contributed by atoms with E-state index in [0.717, 1.165) is 18.4 Å². The molecule has 9 heteroatoms. The van der Waals surface area contributed by atoms with E-state index in [1.165, 1.54) is 24.4 Å². The van der Waals surface area contributed by atoms with Crippen LogP contribution in [0.5, 0.6) is 17.2 Å². The van der Waals surface area contributed by atoms with Crippen LogP contribution >= 0.6 is 11.6 Å². The molecule has 3 aromatic rings. The maximum atomic E-state index is 12.4. The highest BCUT2D eigenvalue weighted by Crippen LogP contribution is 2.41. The number of hydrogen-bond donors (Lipinski definition) is 2. The fraction of sp³-hybridized carbons (Fsp3) is 0.379. The molecule has 1 heterocycles. The van der Waals surface area contributed by atoms with E-state index in [1.807, 2.05) is 6.07 Å². The van der Waals surface area contributed by atoms with E-state index >= 15 is 0 Å². The van der Waals surface area contributed by atoms with Crippen molar-refractivity contribution < 1.29 is 29.2 Å². The Kier molecular flexibility index (Phi) is 8.45. The zero-order valence-corrected chi connectivity index (χ0v) is 22.8. The Morgan fingerprint density at radius 2 is 2.03 bits per heavy atom. The van der Waals surface area contributed by atoms with Crippen LogP contribution in [0, 0.1) is 6.92 Å². The van der Waals surface area contributed by atoms with E-state index in [1.54, 1.807) is 43.3 Å². The number of carbonyl (C=O) groups excluding carboxylic acids is 1. The number of aromatic hydroxyl groups is 1. The number of methoxy groups -OCH3 is 1. The minimum atomic E-state index is -1.27. The molecule has 2 atom stereocenters. The first-order valence-electron chi connectivity index (χ1n) is 12.4. The summed E-state index contributed by atoms with van der Waals surface area (Å²) in [6.45, 7) is 3.65. The molecule has 0 saturated carbocycles. The smallest absolute Gasteiger partial charge is 0.328 e. The fourth-order valence-corrected chi connectivity index (χ4v) is 4.93. The minimum Gasteiger partial charge on any atom is -0.506 e. The Morgan fingerprint density at radius 3 is 2.74 bits per heavy atom. The van der Waals surface area contributed by atoms with Crippen LogP contribution in [0.15, 0.2) is 48.8 Å². The number of rotatable bonds is 10. The molecule has 0 aliphatic heterocycles. The summed E-state index contributed by atoms with van der Waals surface area (Å²) in [5.74, 6) is 0.460. The standard InChI is InChI=1S/C29H33ClN2O6/c1-18-6-5-7-23-22(18)8-9-25(23)38-27-12-26(37-16-19-10-21(34)14-31-13-19)20(11-24(27)30)15-32(3)29(2,17-33)28(35)36-4/h5-7,10-14,25,33-34H,8-9,15-17H2,1-4H3/t25-,29-/m0/s1. The number of hydrogen-bond acceptors (Lipinski definition) is 8. The summed E-state index contributed by atoms with van der Waals surface area (Å²) in [5, 5.41) is 20.2. The number of aliphatic hydroxyl groups is 1. The Labute approximate surface area is 227 Å². The lowest BCUT2D eigenvalue weighted by atomic mass is 10.0. The summed E-state index contributed by atoms with van der Waals surface area (Å²) in [6.07, 6.45) is 4.61. The number of pyridine rings is 1. The van der Waals surface area contributed by atoms with Crippen molar-refractivity contribution in [3.05, 3.63) is 81.6 Å². The molecular formula is C29H33ClN2O6. The zero-order chi connectivity index (χ0) is 27.4. The summed E-state index contributed by atoms with van der Waals surface area (Å²) >= 11 is 6.71. The zero-order valence-electron chi connectivity index (χ0n) is 22.0. The molecule has 0 spiro atoms. The summed E-state index contributed by atoms with van der Waals surface area (Å²) in [4.78, 5) is 18.1. The SMILES string of the molecule is COC(=O)[C@](C)(CO)N(C)Cc1cc(Cl)c(O[C@H]2CCc3c(C)cccc32)cc1OCc1cncc(O)c1. The van der Waals surface area contributed by atoms with Gasteiger partial charge in [0.05, 0.1) is 24.9 Å². The first-order chi connectivity index (χ1) is 18.2. The third kappa shape index (κ3) is 5.72. The lowest BCUT2D eigenvalue weighted by Gasteiger charge is -2.35. The number of esters is 1. The first kappa shape index (κ1) is 27.7. The van der Waals surface area contributed by atoms with Crippen LogP contribution in [0.1, 0.15) is 47.3 Å². The normalized spacial score (nSPS) is 16.1. The molecular weight excluding hydrogens is 508 g/mol. The van der Waals surface area contributed by atoms with Gasteiger partial charge in [-0.2, -0.15) is 0 Å². The van der Waals surface area contributed by atoms with E-state index in [9.17, 15) is 15.0 Å². The number of carbonyl (C=O) groups is 1. The van der Waals surface area contributed by atoms with Crippen molar-refractivity contribution in [2.45, 2.75) is 51.5 Å². The van der Waals surface area contributed by atoms with Gasteiger partial charge in [-0.25, -0.2) is 4.79 Å². The highest BCUT2D eigenvalue weighted by Gasteiger charge is 2.38. The second kappa shape index (κ2) is 11.6. The Morgan fingerprint density at radius 1 is 1.24 bits per heavy atom. The summed E-state index contributed by atoms with van der Waals surface area (Å²) in [6, 6.07) is 11.3. The Hall–Kier alpha value is -3.33. The number of ether oxygens (including phenoxy) is 3. The second-order valence-corrected chi connectivity index (χ2v) is 10.2. The van der Waals surface area contributed by atoms with Gasteiger partial charge in [-0.3, -0.25) is 9.88 Å². The molecule has 202 valence electrons. The number of aryl methyl sites for hydroxylation is 1. The topological polar surface area (TPSA) is 101 Å². The molecule has 1 aliphatic rings. The van der Waals surface area contributed by atoms with Crippen LogP contribution in [-0.2, 0) is 29.1 Å². The molecule has 38 heavy (non-hydrogen) atoms. The lowest BCUT2D eigenvalue weighted by Crippen LogP contribution is -2.53. The fourth-order valence-electron chi connectivity index (χ4n) is 4.70. The van der Waals surface area contributed by atoms with Gasteiger partial charge in [-0.1, -0.05) is 29.8 Å². The summed E-state index contributed by atoms with van der Waals surface area (Å²) in [7, 11) is 3.00. The molecule has 1 aromatic heterocycles. The molecule has 0 saturated heterocycles. The minimum absolute atomic E-state index is 0.0400. The monoisotopic (exact) mass is 540 g/mol. The van der Waals surface area contributed by atoms with Gasteiger partial charge in [0.15, 0.2) is 0 Å². The van der Waals surface area contributed by atoms with Gasteiger partial charge in [0.2, 0.25) is 0 Å². The quantitative estimate of drug-likeness (QED) is 0.355. The van der Waals surface area contributed by atoms with Gasteiger partial charge in [-0.05, 0) is 62.6 Å². The summed E-state index contributed by atoms with van der Waals surface area (Å²) < 4.78 is 17.5. The van der Waals surface area contributed by atoms with Crippen molar-refractivity contribution in [2.24, 2.45) is 0 Å².